The highest BCUT2D eigenvalue weighted by atomic mass is 127. The second-order valence-electron chi connectivity index (χ2n) is 6.23. The summed E-state index contributed by atoms with van der Waals surface area (Å²) >= 11 is 0. The van der Waals surface area contributed by atoms with Gasteiger partial charge in [-0.2, -0.15) is 0 Å². The van der Waals surface area contributed by atoms with Gasteiger partial charge in [-0.15, -0.1) is 24.0 Å². The minimum absolute atomic E-state index is 0. The van der Waals surface area contributed by atoms with Crippen molar-refractivity contribution in [3.05, 3.63) is 0 Å². The fourth-order valence-electron chi connectivity index (χ4n) is 2.61. The third kappa shape index (κ3) is 9.07. The summed E-state index contributed by atoms with van der Waals surface area (Å²) in [5.74, 6) is 1.53. The van der Waals surface area contributed by atoms with Crippen LogP contribution in [0.5, 0.6) is 0 Å². The molecule has 1 saturated heterocycles. The Balaban J connectivity index is 0.00000484. The van der Waals surface area contributed by atoms with E-state index in [4.69, 9.17) is 9.47 Å². The van der Waals surface area contributed by atoms with Crippen LogP contribution in [-0.4, -0.2) is 76.6 Å². The summed E-state index contributed by atoms with van der Waals surface area (Å²) < 4.78 is 10.4. The van der Waals surface area contributed by atoms with Gasteiger partial charge in [0.15, 0.2) is 5.96 Å². The van der Waals surface area contributed by atoms with E-state index in [1.165, 1.54) is 0 Å². The summed E-state index contributed by atoms with van der Waals surface area (Å²) in [5, 5.41) is 6.91. The zero-order chi connectivity index (χ0) is 16.4. The van der Waals surface area contributed by atoms with Crippen LogP contribution in [-0.2, 0) is 9.47 Å². The lowest BCUT2D eigenvalue weighted by atomic mass is 10.1. The van der Waals surface area contributed by atoms with Crippen molar-refractivity contribution in [3.8, 4) is 0 Å². The summed E-state index contributed by atoms with van der Waals surface area (Å²) in [6, 6.07) is 1.07. The van der Waals surface area contributed by atoms with Gasteiger partial charge < -0.3 is 20.1 Å². The van der Waals surface area contributed by atoms with Gasteiger partial charge in [0, 0.05) is 52.5 Å². The molecule has 2 N–H and O–H groups in total. The number of guanidine groups is 1. The summed E-state index contributed by atoms with van der Waals surface area (Å²) in [5.41, 5.74) is 0. The number of hydrogen-bond acceptors (Lipinski definition) is 4. The first-order valence-electron chi connectivity index (χ1n) is 8.36. The monoisotopic (exact) mass is 442 g/mol. The highest BCUT2D eigenvalue weighted by molar-refractivity contribution is 14.0. The van der Waals surface area contributed by atoms with Gasteiger partial charge in [-0.1, -0.05) is 6.92 Å². The summed E-state index contributed by atoms with van der Waals surface area (Å²) in [6.45, 7) is 12.0. The molecule has 7 heteroatoms. The molecular weight excluding hydrogens is 407 g/mol. The molecule has 0 aliphatic carbocycles. The van der Waals surface area contributed by atoms with E-state index in [2.05, 4.69) is 41.3 Å². The second-order valence-corrected chi connectivity index (χ2v) is 6.23. The molecule has 0 saturated carbocycles. The van der Waals surface area contributed by atoms with Crippen LogP contribution in [0.25, 0.3) is 0 Å². The molecule has 0 aromatic rings. The third-order valence-corrected chi connectivity index (χ3v) is 4.11. The first-order chi connectivity index (χ1) is 10.6. The molecule has 1 fully saturated rings. The second kappa shape index (κ2) is 13.2. The average molecular weight is 442 g/mol. The quantitative estimate of drug-likeness (QED) is 0.246. The minimum Gasteiger partial charge on any atom is -0.382 e. The van der Waals surface area contributed by atoms with Crippen molar-refractivity contribution in [2.45, 2.75) is 39.3 Å². The number of nitrogens with zero attached hydrogens (tertiary/aromatic N) is 2. The van der Waals surface area contributed by atoms with Crippen molar-refractivity contribution in [2.75, 3.05) is 53.6 Å². The predicted molar refractivity (Wildman–Crippen MR) is 107 cm³/mol. The number of nitrogens with one attached hydrogen (secondary N) is 2. The van der Waals surface area contributed by atoms with Gasteiger partial charge in [0.25, 0.3) is 0 Å². The summed E-state index contributed by atoms with van der Waals surface area (Å²) in [6.07, 6.45) is 0.961. The molecule has 0 spiro atoms. The van der Waals surface area contributed by atoms with Crippen LogP contribution in [0.1, 0.15) is 27.2 Å². The van der Waals surface area contributed by atoms with E-state index >= 15 is 0 Å². The zero-order valence-electron chi connectivity index (χ0n) is 15.3. The molecule has 6 nitrogen and oxygen atoms in total. The number of halogens is 1. The van der Waals surface area contributed by atoms with E-state index in [1.54, 1.807) is 7.11 Å². The summed E-state index contributed by atoms with van der Waals surface area (Å²) in [7, 11) is 3.51. The van der Waals surface area contributed by atoms with E-state index in [9.17, 15) is 0 Å². The van der Waals surface area contributed by atoms with Gasteiger partial charge in [0.2, 0.25) is 0 Å². The Labute approximate surface area is 158 Å². The maximum atomic E-state index is 5.45. The maximum Gasteiger partial charge on any atom is 0.191 e. The van der Waals surface area contributed by atoms with E-state index < -0.39 is 0 Å². The van der Waals surface area contributed by atoms with E-state index in [0.29, 0.717) is 31.2 Å². The lowest BCUT2D eigenvalue weighted by molar-refractivity contribution is 0.0698. The Bertz CT molecular complexity index is 329. The van der Waals surface area contributed by atoms with Crippen LogP contribution in [0.4, 0.5) is 0 Å². The maximum absolute atomic E-state index is 5.45. The van der Waals surface area contributed by atoms with E-state index in [-0.39, 0.29) is 24.0 Å². The molecule has 1 aliphatic heterocycles. The van der Waals surface area contributed by atoms with Crippen LogP contribution >= 0.6 is 24.0 Å². The number of likely N-dealkylation sites (tertiary alicyclic amines) is 1. The van der Waals surface area contributed by atoms with Gasteiger partial charge in [-0.25, -0.2) is 0 Å². The molecule has 2 unspecified atom stereocenters. The number of aliphatic imine (C=N–C) groups is 1. The minimum atomic E-state index is 0. The smallest absolute Gasteiger partial charge is 0.191 e. The van der Waals surface area contributed by atoms with E-state index in [1.807, 2.05) is 7.05 Å². The van der Waals surface area contributed by atoms with Gasteiger partial charge in [-0.3, -0.25) is 9.89 Å². The molecule has 0 amide bonds. The molecule has 2 atom stereocenters. The molecule has 0 bridgehead atoms. The molecule has 1 aliphatic rings. The number of ether oxygens (including phenoxy) is 2. The zero-order valence-corrected chi connectivity index (χ0v) is 17.6. The van der Waals surface area contributed by atoms with Gasteiger partial charge in [-0.05, 0) is 26.2 Å². The van der Waals surface area contributed by atoms with Gasteiger partial charge >= 0.3 is 0 Å². The largest absolute Gasteiger partial charge is 0.382 e. The first-order valence-corrected chi connectivity index (χ1v) is 8.36. The van der Waals surface area contributed by atoms with Crippen LogP contribution in [0, 0.1) is 5.92 Å². The number of rotatable bonds is 9. The SMILES string of the molecule is CN=C(NCCCOCCOC)NC1CN(C(C)C)CC1C.I. The molecule has 0 aromatic carbocycles. The third-order valence-electron chi connectivity index (χ3n) is 4.11. The molecule has 138 valence electrons. The van der Waals surface area contributed by atoms with Crippen LogP contribution in [0.2, 0.25) is 0 Å². The number of methoxy groups -OCH3 is 1. The van der Waals surface area contributed by atoms with Crippen molar-refractivity contribution in [1.29, 1.82) is 0 Å². The Morgan fingerprint density at radius 1 is 1.26 bits per heavy atom. The fourth-order valence-corrected chi connectivity index (χ4v) is 2.61. The highest BCUT2D eigenvalue weighted by Gasteiger charge is 2.31. The van der Waals surface area contributed by atoms with Crippen LogP contribution in [0.3, 0.4) is 0 Å². The molecule has 23 heavy (non-hydrogen) atoms. The molecular formula is C16H35IN4O2. The van der Waals surface area contributed by atoms with Gasteiger partial charge in [0.05, 0.1) is 13.2 Å². The fraction of sp³-hybridized carbons (Fsp3) is 0.938. The van der Waals surface area contributed by atoms with Crippen LogP contribution in [0.15, 0.2) is 4.99 Å². The Hall–Kier alpha value is -0.120. The Morgan fingerprint density at radius 2 is 2.00 bits per heavy atom. The Morgan fingerprint density at radius 3 is 2.57 bits per heavy atom. The molecule has 0 aromatic heterocycles. The summed E-state index contributed by atoms with van der Waals surface area (Å²) in [4.78, 5) is 6.83. The molecule has 1 heterocycles. The standard InChI is InChI=1S/C16H34N4O2.HI/c1-13(2)20-11-14(3)15(12-20)19-16(17-4)18-7-6-8-22-10-9-21-5;/h13-15H,6-12H2,1-5H3,(H2,17,18,19);1H. The van der Waals surface area contributed by atoms with Crippen molar-refractivity contribution in [1.82, 2.24) is 15.5 Å². The normalized spacial score (nSPS) is 22.3. The average Bonchev–Trinajstić information content (AvgIpc) is 2.86. The van der Waals surface area contributed by atoms with Crippen molar-refractivity contribution < 1.29 is 9.47 Å². The van der Waals surface area contributed by atoms with Crippen molar-refractivity contribution in [2.24, 2.45) is 10.9 Å². The van der Waals surface area contributed by atoms with E-state index in [0.717, 1.165) is 38.6 Å². The van der Waals surface area contributed by atoms with Crippen molar-refractivity contribution in [3.63, 3.8) is 0 Å². The highest BCUT2D eigenvalue weighted by Crippen LogP contribution is 2.18. The molecule has 0 radical (unpaired) electrons. The lowest BCUT2D eigenvalue weighted by Gasteiger charge is -2.22. The van der Waals surface area contributed by atoms with Gasteiger partial charge in [0.1, 0.15) is 0 Å². The van der Waals surface area contributed by atoms with Crippen LogP contribution < -0.4 is 10.6 Å². The van der Waals surface area contributed by atoms with Crippen molar-refractivity contribution >= 4 is 29.9 Å². The topological polar surface area (TPSA) is 58.1 Å². The first kappa shape index (κ1) is 22.9. The Kier molecular flexibility index (Phi) is 13.1. The lowest BCUT2D eigenvalue weighted by Crippen LogP contribution is -2.47. The molecule has 1 rings (SSSR count). The number of hydrogen-bond donors (Lipinski definition) is 2. The predicted octanol–water partition coefficient (Wildman–Crippen LogP) is 1.55.